The van der Waals surface area contributed by atoms with Gasteiger partial charge in [-0.25, -0.2) is 0 Å². The molecule has 0 aromatic heterocycles. The smallest absolute Gasteiger partial charge is 0.380 e. The van der Waals surface area contributed by atoms with E-state index in [2.05, 4.69) is 5.32 Å². The van der Waals surface area contributed by atoms with Crippen LogP contribution in [0, 0.1) is 5.92 Å². The maximum atomic E-state index is 13.0. The van der Waals surface area contributed by atoms with Crippen LogP contribution in [0.1, 0.15) is 32.1 Å². The monoisotopic (exact) mass is 318 g/mol. The van der Waals surface area contributed by atoms with Crippen molar-refractivity contribution in [1.29, 1.82) is 0 Å². The van der Waals surface area contributed by atoms with Gasteiger partial charge in [0.1, 0.15) is 6.04 Å². The third-order valence-corrected chi connectivity index (χ3v) is 3.55. The number of nitrogens with two attached hydrogens (primary N) is 1. The molecule has 1 fully saturated rings. The minimum Gasteiger partial charge on any atom is -0.380 e. The second-order valence-corrected chi connectivity index (χ2v) is 4.93. The highest BCUT2D eigenvalue weighted by Crippen LogP contribution is 2.35. The van der Waals surface area contributed by atoms with Crippen LogP contribution < -0.4 is 11.1 Å². The number of hydrogen-bond acceptors (Lipinski definition) is 3. The number of methoxy groups -OCH3 is 1. The Hall–Kier alpha value is -0.530. The van der Waals surface area contributed by atoms with Gasteiger partial charge in [-0.2, -0.15) is 13.2 Å². The lowest BCUT2D eigenvalue weighted by molar-refractivity contribution is -0.172. The SMILES string of the molecule is COC(CN)CC(=O)NC(C1CCCC1)C(F)(F)F.Cl. The second kappa shape index (κ2) is 8.69. The van der Waals surface area contributed by atoms with E-state index in [0.29, 0.717) is 12.8 Å². The molecule has 2 unspecified atom stereocenters. The summed E-state index contributed by atoms with van der Waals surface area (Å²) < 4.78 is 43.8. The number of hydrogen-bond donors (Lipinski definition) is 2. The van der Waals surface area contributed by atoms with E-state index in [0.717, 1.165) is 12.8 Å². The van der Waals surface area contributed by atoms with Gasteiger partial charge < -0.3 is 15.8 Å². The Balaban J connectivity index is 0.00000361. The third kappa shape index (κ3) is 5.85. The average Bonchev–Trinajstić information content (AvgIpc) is 2.85. The summed E-state index contributed by atoms with van der Waals surface area (Å²) in [7, 11) is 1.38. The van der Waals surface area contributed by atoms with Crippen LogP contribution in [-0.2, 0) is 9.53 Å². The van der Waals surface area contributed by atoms with Crippen LogP contribution in [0.2, 0.25) is 0 Å². The van der Waals surface area contributed by atoms with Gasteiger partial charge >= 0.3 is 6.18 Å². The van der Waals surface area contributed by atoms with Crippen LogP contribution in [0.5, 0.6) is 0 Å². The lowest BCUT2D eigenvalue weighted by Crippen LogP contribution is -2.50. The summed E-state index contributed by atoms with van der Waals surface area (Å²) in [6, 6.07) is -1.75. The van der Waals surface area contributed by atoms with Gasteiger partial charge in [0.15, 0.2) is 0 Å². The minimum absolute atomic E-state index is 0. The predicted octanol–water partition coefficient (Wildman–Crippen LogP) is 2.01. The summed E-state index contributed by atoms with van der Waals surface area (Å²) in [4.78, 5) is 11.6. The number of amides is 1. The Morgan fingerprint density at radius 1 is 1.40 bits per heavy atom. The summed E-state index contributed by atoms with van der Waals surface area (Å²) in [6.07, 6.45) is -2.50. The van der Waals surface area contributed by atoms with Gasteiger partial charge in [-0.15, -0.1) is 12.4 Å². The molecular weight excluding hydrogens is 297 g/mol. The van der Waals surface area contributed by atoms with E-state index in [1.165, 1.54) is 7.11 Å². The minimum atomic E-state index is -4.41. The van der Waals surface area contributed by atoms with Crippen LogP contribution in [0.15, 0.2) is 0 Å². The number of rotatable bonds is 6. The van der Waals surface area contributed by atoms with Crippen LogP contribution in [0.25, 0.3) is 0 Å². The average molecular weight is 319 g/mol. The Bertz CT molecular complexity index is 293. The van der Waals surface area contributed by atoms with E-state index in [1.807, 2.05) is 0 Å². The highest BCUT2D eigenvalue weighted by atomic mass is 35.5. The molecular formula is C12H22ClF3N2O2. The van der Waals surface area contributed by atoms with Gasteiger partial charge in [0.05, 0.1) is 12.5 Å². The predicted molar refractivity (Wildman–Crippen MR) is 71.7 cm³/mol. The lowest BCUT2D eigenvalue weighted by Gasteiger charge is -2.27. The Labute approximate surface area is 123 Å². The molecule has 0 bridgehead atoms. The molecule has 1 saturated carbocycles. The first-order valence-electron chi connectivity index (χ1n) is 6.47. The number of halogens is 4. The van der Waals surface area contributed by atoms with Gasteiger partial charge in [0.2, 0.25) is 5.91 Å². The first kappa shape index (κ1) is 19.5. The molecule has 8 heteroatoms. The van der Waals surface area contributed by atoms with E-state index < -0.39 is 30.1 Å². The third-order valence-electron chi connectivity index (χ3n) is 3.55. The Kier molecular flexibility index (Phi) is 8.46. The zero-order chi connectivity index (χ0) is 14.5. The van der Waals surface area contributed by atoms with Crippen molar-refractivity contribution in [2.24, 2.45) is 11.7 Å². The first-order valence-corrected chi connectivity index (χ1v) is 6.47. The number of nitrogens with one attached hydrogen (secondary N) is 1. The molecule has 20 heavy (non-hydrogen) atoms. The number of ether oxygens (including phenoxy) is 1. The van der Waals surface area contributed by atoms with E-state index in [9.17, 15) is 18.0 Å². The summed E-state index contributed by atoms with van der Waals surface area (Å²) in [5, 5.41) is 2.10. The van der Waals surface area contributed by atoms with Crippen molar-refractivity contribution >= 4 is 18.3 Å². The molecule has 2 atom stereocenters. The Morgan fingerprint density at radius 2 is 1.95 bits per heavy atom. The molecule has 1 rings (SSSR count). The maximum absolute atomic E-state index is 13.0. The van der Waals surface area contributed by atoms with Gasteiger partial charge in [0, 0.05) is 13.7 Å². The number of carbonyl (C=O) groups is 1. The molecule has 1 aliphatic rings. The second-order valence-electron chi connectivity index (χ2n) is 4.93. The molecule has 0 spiro atoms. The quantitative estimate of drug-likeness (QED) is 0.787. The van der Waals surface area contributed by atoms with Crippen molar-refractivity contribution in [2.75, 3.05) is 13.7 Å². The molecule has 1 amide bonds. The summed E-state index contributed by atoms with van der Waals surface area (Å²) in [6.45, 7) is 0.101. The van der Waals surface area contributed by atoms with Crippen molar-refractivity contribution in [3.05, 3.63) is 0 Å². The van der Waals surface area contributed by atoms with E-state index >= 15 is 0 Å². The molecule has 0 saturated heterocycles. The van der Waals surface area contributed by atoms with Crippen LogP contribution in [0.4, 0.5) is 13.2 Å². The van der Waals surface area contributed by atoms with Crippen molar-refractivity contribution in [2.45, 2.75) is 50.4 Å². The fourth-order valence-electron chi connectivity index (χ4n) is 2.46. The summed E-state index contributed by atoms with van der Waals surface area (Å²) in [5.74, 6) is -1.17. The van der Waals surface area contributed by atoms with Crippen LogP contribution >= 0.6 is 12.4 Å². The standard InChI is InChI=1S/C12H21F3N2O2.ClH/c1-19-9(7-16)6-10(18)17-11(12(13,14)15)8-4-2-3-5-8;/h8-9,11H,2-7,16H2,1H3,(H,17,18);1H. The highest BCUT2D eigenvalue weighted by Gasteiger charge is 2.46. The van der Waals surface area contributed by atoms with Crippen LogP contribution in [-0.4, -0.2) is 37.9 Å². The Morgan fingerprint density at radius 3 is 2.35 bits per heavy atom. The molecule has 3 N–H and O–H groups in total. The maximum Gasteiger partial charge on any atom is 0.408 e. The largest absolute Gasteiger partial charge is 0.408 e. The van der Waals surface area contributed by atoms with Crippen molar-refractivity contribution in [1.82, 2.24) is 5.32 Å². The van der Waals surface area contributed by atoms with Gasteiger partial charge in [-0.05, 0) is 18.8 Å². The van der Waals surface area contributed by atoms with Gasteiger partial charge in [-0.3, -0.25) is 4.79 Å². The normalized spacial score (nSPS) is 19.2. The highest BCUT2D eigenvalue weighted by molar-refractivity contribution is 5.85. The fourth-order valence-corrected chi connectivity index (χ4v) is 2.46. The number of carbonyl (C=O) groups excluding carboxylic acids is 1. The molecule has 0 radical (unpaired) electrons. The molecule has 0 aromatic carbocycles. The molecule has 1 aliphatic carbocycles. The van der Waals surface area contributed by atoms with Crippen molar-refractivity contribution < 1.29 is 22.7 Å². The molecule has 0 aromatic rings. The summed E-state index contributed by atoms with van der Waals surface area (Å²) in [5.41, 5.74) is 5.34. The van der Waals surface area contributed by atoms with E-state index in [4.69, 9.17) is 10.5 Å². The van der Waals surface area contributed by atoms with Gasteiger partial charge in [-0.1, -0.05) is 12.8 Å². The number of alkyl halides is 3. The van der Waals surface area contributed by atoms with E-state index in [1.54, 1.807) is 0 Å². The van der Waals surface area contributed by atoms with Gasteiger partial charge in [0.25, 0.3) is 0 Å². The molecule has 0 heterocycles. The van der Waals surface area contributed by atoms with Crippen molar-refractivity contribution in [3.63, 3.8) is 0 Å². The van der Waals surface area contributed by atoms with Crippen LogP contribution in [0.3, 0.4) is 0 Å². The lowest BCUT2D eigenvalue weighted by atomic mass is 9.97. The zero-order valence-electron chi connectivity index (χ0n) is 11.4. The fraction of sp³-hybridized carbons (Fsp3) is 0.917. The van der Waals surface area contributed by atoms with E-state index in [-0.39, 0.29) is 25.4 Å². The molecule has 4 nitrogen and oxygen atoms in total. The zero-order valence-corrected chi connectivity index (χ0v) is 12.2. The molecule has 0 aliphatic heterocycles. The van der Waals surface area contributed by atoms with Crippen molar-refractivity contribution in [3.8, 4) is 0 Å². The first-order chi connectivity index (χ1) is 8.88. The molecule has 120 valence electrons. The summed E-state index contributed by atoms with van der Waals surface area (Å²) >= 11 is 0. The topological polar surface area (TPSA) is 64.3 Å².